The minimum absolute atomic E-state index is 0.141. The molecular formula is C15H25N5O2S. The Morgan fingerprint density at radius 3 is 2.91 bits per heavy atom. The third kappa shape index (κ3) is 5.17. The molecular weight excluding hydrogens is 314 g/mol. The molecule has 1 aromatic rings. The van der Waals surface area contributed by atoms with Gasteiger partial charge >= 0.3 is 0 Å². The van der Waals surface area contributed by atoms with E-state index in [1.807, 2.05) is 0 Å². The van der Waals surface area contributed by atoms with Crippen molar-refractivity contribution < 1.29 is 9.53 Å². The lowest BCUT2D eigenvalue weighted by Crippen LogP contribution is -2.36. The molecule has 128 valence electrons. The van der Waals surface area contributed by atoms with Gasteiger partial charge in [0.2, 0.25) is 11.1 Å². The fraction of sp³-hybridized carbons (Fsp3) is 0.867. The SMILES string of the molecule is O=C(CCSc1nnnn1CC1CCCO1)NC1CCCCC1. The maximum atomic E-state index is 12.0. The smallest absolute Gasteiger partial charge is 0.221 e. The number of hydrogen-bond acceptors (Lipinski definition) is 6. The van der Waals surface area contributed by atoms with Crippen molar-refractivity contribution in [3.8, 4) is 0 Å². The summed E-state index contributed by atoms with van der Waals surface area (Å²) in [5.41, 5.74) is 0. The van der Waals surface area contributed by atoms with Gasteiger partial charge in [-0.25, -0.2) is 4.68 Å². The van der Waals surface area contributed by atoms with E-state index in [1.54, 1.807) is 4.68 Å². The van der Waals surface area contributed by atoms with Crippen molar-refractivity contribution in [2.24, 2.45) is 0 Å². The van der Waals surface area contributed by atoms with E-state index in [9.17, 15) is 4.79 Å². The fourth-order valence-corrected chi connectivity index (χ4v) is 4.00. The third-order valence-corrected chi connectivity index (χ3v) is 5.39. The van der Waals surface area contributed by atoms with Gasteiger partial charge in [0.25, 0.3) is 0 Å². The highest BCUT2D eigenvalue weighted by molar-refractivity contribution is 7.99. The standard InChI is InChI=1S/C15H25N5O2S/c21-14(16-12-5-2-1-3-6-12)8-10-23-15-17-18-19-20(15)11-13-7-4-9-22-13/h12-13H,1-11H2,(H,16,21). The number of aromatic nitrogens is 4. The van der Waals surface area contributed by atoms with Gasteiger partial charge in [-0.05, 0) is 36.1 Å². The quantitative estimate of drug-likeness (QED) is 0.763. The van der Waals surface area contributed by atoms with Gasteiger partial charge in [0.15, 0.2) is 0 Å². The van der Waals surface area contributed by atoms with Crippen LogP contribution in [-0.2, 0) is 16.1 Å². The van der Waals surface area contributed by atoms with E-state index in [2.05, 4.69) is 20.8 Å². The zero-order valence-corrected chi connectivity index (χ0v) is 14.3. The molecule has 1 atom stereocenters. The van der Waals surface area contributed by atoms with Crippen molar-refractivity contribution in [3.05, 3.63) is 0 Å². The van der Waals surface area contributed by atoms with Crippen molar-refractivity contribution in [2.45, 2.75) is 75.2 Å². The number of amides is 1. The Morgan fingerprint density at radius 1 is 1.26 bits per heavy atom. The molecule has 0 bridgehead atoms. The van der Waals surface area contributed by atoms with Crippen LogP contribution >= 0.6 is 11.8 Å². The van der Waals surface area contributed by atoms with Gasteiger partial charge in [-0.15, -0.1) is 5.10 Å². The maximum absolute atomic E-state index is 12.0. The van der Waals surface area contributed by atoms with Crippen molar-refractivity contribution >= 4 is 17.7 Å². The fourth-order valence-electron chi connectivity index (χ4n) is 3.18. The number of hydrogen-bond donors (Lipinski definition) is 1. The van der Waals surface area contributed by atoms with E-state index in [4.69, 9.17) is 4.74 Å². The molecule has 2 heterocycles. The van der Waals surface area contributed by atoms with Crippen LogP contribution in [0.25, 0.3) is 0 Å². The first-order chi connectivity index (χ1) is 11.3. The average molecular weight is 339 g/mol. The molecule has 1 unspecified atom stereocenters. The Hall–Kier alpha value is -1.15. The van der Waals surface area contributed by atoms with Crippen LogP contribution in [0.1, 0.15) is 51.4 Å². The summed E-state index contributed by atoms with van der Waals surface area (Å²) in [6, 6.07) is 0.381. The van der Waals surface area contributed by atoms with E-state index in [0.717, 1.165) is 37.4 Å². The van der Waals surface area contributed by atoms with Crippen molar-refractivity contribution in [2.75, 3.05) is 12.4 Å². The summed E-state index contributed by atoms with van der Waals surface area (Å²) in [5, 5.41) is 15.7. The van der Waals surface area contributed by atoms with Crippen LogP contribution in [0.15, 0.2) is 5.16 Å². The number of rotatable bonds is 7. The summed E-state index contributed by atoms with van der Waals surface area (Å²) in [6.07, 6.45) is 8.91. The highest BCUT2D eigenvalue weighted by Crippen LogP contribution is 2.20. The Labute approximate surface area is 140 Å². The molecule has 2 aliphatic rings. The van der Waals surface area contributed by atoms with E-state index in [0.29, 0.717) is 24.8 Å². The van der Waals surface area contributed by atoms with Crippen molar-refractivity contribution in [1.82, 2.24) is 25.5 Å². The van der Waals surface area contributed by atoms with E-state index in [1.165, 1.54) is 31.0 Å². The number of nitrogens with zero attached hydrogens (tertiary/aromatic N) is 4. The van der Waals surface area contributed by atoms with Crippen LogP contribution in [0.5, 0.6) is 0 Å². The highest BCUT2D eigenvalue weighted by Gasteiger charge is 2.19. The predicted octanol–water partition coefficient (Wildman–Crippen LogP) is 1.78. The van der Waals surface area contributed by atoms with Gasteiger partial charge in [0, 0.05) is 24.8 Å². The molecule has 7 nitrogen and oxygen atoms in total. The topological polar surface area (TPSA) is 81.9 Å². The molecule has 1 saturated heterocycles. The molecule has 0 spiro atoms. The molecule has 23 heavy (non-hydrogen) atoms. The maximum Gasteiger partial charge on any atom is 0.221 e. The Bertz CT molecular complexity index is 498. The number of carbonyl (C=O) groups excluding carboxylic acids is 1. The largest absolute Gasteiger partial charge is 0.376 e. The van der Waals surface area contributed by atoms with E-state index < -0.39 is 0 Å². The van der Waals surface area contributed by atoms with Crippen LogP contribution in [-0.4, -0.2) is 50.6 Å². The second-order valence-corrected chi connectivity index (χ2v) is 7.34. The van der Waals surface area contributed by atoms with Gasteiger partial charge in [-0.3, -0.25) is 4.79 Å². The second-order valence-electron chi connectivity index (χ2n) is 6.28. The number of tetrazole rings is 1. The minimum Gasteiger partial charge on any atom is -0.376 e. The molecule has 8 heteroatoms. The number of ether oxygens (including phenoxy) is 1. The molecule has 0 aromatic carbocycles. The van der Waals surface area contributed by atoms with Gasteiger partial charge in [-0.2, -0.15) is 0 Å². The third-order valence-electron chi connectivity index (χ3n) is 4.43. The summed E-state index contributed by atoms with van der Waals surface area (Å²) >= 11 is 1.54. The van der Waals surface area contributed by atoms with Crippen molar-refractivity contribution in [1.29, 1.82) is 0 Å². The number of carbonyl (C=O) groups is 1. The second kappa shape index (κ2) is 8.63. The molecule has 2 fully saturated rings. The average Bonchev–Trinajstić information content (AvgIpc) is 3.21. The van der Waals surface area contributed by atoms with Crippen molar-refractivity contribution in [3.63, 3.8) is 0 Å². The molecule has 1 saturated carbocycles. The van der Waals surface area contributed by atoms with Crippen LogP contribution < -0.4 is 5.32 Å². The summed E-state index contributed by atoms with van der Waals surface area (Å²) in [5.74, 6) is 0.840. The number of nitrogens with one attached hydrogen (secondary N) is 1. The molecule has 0 radical (unpaired) electrons. The van der Waals surface area contributed by atoms with Gasteiger partial charge in [-0.1, -0.05) is 31.0 Å². The van der Waals surface area contributed by atoms with Gasteiger partial charge < -0.3 is 10.1 Å². The van der Waals surface area contributed by atoms with Crippen LogP contribution in [0, 0.1) is 0 Å². The Kier molecular flexibility index (Phi) is 6.27. The van der Waals surface area contributed by atoms with Gasteiger partial charge in [0.1, 0.15) is 0 Å². The first-order valence-electron chi connectivity index (χ1n) is 8.61. The predicted molar refractivity (Wildman–Crippen MR) is 87.1 cm³/mol. The Morgan fingerprint density at radius 2 is 2.13 bits per heavy atom. The molecule has 1 aromatic heterocycles. The van der Waals surface area contributed by atoms with Crippen LogP contribution in [0.3, 0.4) is 0 Å². The van der Waals surface area contributed by atoms with E-state index >= 15 is 0 Å². The monoisotopic (exact) mass is 339 g/mol. The first kappa shape index (κ1) is 16.7. The zero-order valence-electron chi connectivity index (χ0n) is 13.4. The normalized spacial score (nSPS) is 22.3. The summed E-state index contributed by atoms with van der Waals surface area (Å²) in [7, 11) is 0. The lowest BCUT2D eigenvalue weighted by molar-refractivity contribution is -0.121. The van der Waals surface area contributed by atoms with Crippen LogP contribution in [0.4, 0.5) is 0 Å². The Balaban J connectivity index is 1.38. The van der Waals surface area contributed by atoms with Gasteiger partial charge in [0.05, 0.1) is 12.6 Å². The molecule has 3 rings (SSSR count). The molecule has 1 aliphatic carbocycles. The minimum atomic E-state index is 0.141. The summed E-state index contributed by atoms with van der Waals surface area (Å²) < 4.78 is 7.41. The lowest BCUT2D eigenvalue weighted by atomic mass is 9.95. The molecule has 1 aliphatic heterocycles. The van der Waals surface area contributed by atoms with Crippen LogP contribution in [0.2, 0.25) is 0 Å². The molecule has 1 N–H and O–H groups in total. The molecule has 1 amide bonds. The zero-order chi connectivity index (χ0) is 15.9. The summed E-state index contributed by atoms with van der Waals surface area (Å²) in [6.45, 7) is 1.53. The summed E-state index contributed by atoms with van der Waals surface area (Å²) in [4.78, 5) is 12.0. The number of thioether (sulfide) groups is 1. The highest BCUT2D eigenvalue weighted by atomic mass is 32.2. The van der Waals surface area contributed by atoms with E-state index in [-0.39, 0.29) is 12.0 Å². The first-order valence-corrected chi connectivity index (χ1v) is 9.60. The lowest BCUT2D eigenvalue weighted by Gasteiger charge is -2.22.